The van der Waals surface area contributed by atoms with Gasteiger partial charge in [-0.25, -0.2) is 24.0 Å². The van der Waals surface area contributed by atoms with Gasteiger partial charge in [0.1, 0.15) is 0 Å². The molecular weight excluding hydrogens is 1800 g/mol. The van der Waals surface area contributed by atoms with E-state index in [0.717, 1.165) is 65.6 Å². The molecule has 135 heavy (non-hydrogen) atoms. The van der Waals surface area contributed by atoms with Crippen LogP contribution >= 0.6 is 58.0 Å². The lowest BCUT2D eigenvalue weighted by molar-refractivity contribution is 0.205. The Kier molecular flexibility index (Phi) is 14.8. The average Bonchev–Trinajstić information content (AvgIpc) is 0.638. The second-order valence-corrected chi connectivity index (χ2v) is 28.6. The zero-order chi connectivity index (χ0) is 190. The standard InChI is InChI=1S/5C21H33ClN4O/c5*1-16-4-3-5-19(20(16)22)26-14-12-25(13-15-26)11-10-17-6-8-18(9-7-17)24-21(27)23-2/h5*3-5,17-18H,6-15H2,1-2H3,(H2,23,24,27)/i2*6D2,7D2,8D2,9D2,10D2,11D2,12D2,13D2,14D2,15D2,17D,18D;2*6D2,7D2,8D2,9D2,11D2,12D2,13D2,14D2,15D2,17D,18D;6D2,7D2,8D2,9D2,10D2,12D2,13D2,14D2,15D2,17D,18D. The summed E-state index contributed by atoms with van der Waals surface area (Å²) in [4.78, 5) is 57.1. The fourth-order valence-electron chi connectivity index (χ4n) is 10.2. The number of aryl methyl sites for hydroxylation is 5. The van der Waals surface area contributed by atoms with Crippen LogP contribution in [0.3, 0.4) is 0 Å². The molecule has 25 nitrogen and oxygen atoms in total. The van der Waals surface area contributed by atoms with Gasteiger partial charge in [-0.1, -0.05) is 119 Å². The van der Waals surface area contributed by atoms with Crippen molar-refractivity contribution in [3.8, 4) is 0 Å². The highest BCUT2D eigenvalue weighted by Gasteiger charge is 2.33. The highest BCUT2D eigenvalue weighted by atomic mass is 35.5. The SMILES string of the molecule is [2H]C([2H])(CC1([2H])C([2H])([2H])C([2H])([2H])C([2H])(NC(=O)NC)C([2H])([2H])C1([2H])[2H])N1C([2H])([2H])C([2H])([2H])N(c2cccc(C)c2Cl)C([2H])([2H])C1([2H])[2H].[2H]C([2H])(CC1([2H])C([2H])([2H])C([2H])([2H])C([2H])(NC(=O)NC)C([2H])([2H])C1([2H])[2H])N1C([2H])([2H])C([2H])([2H])N(c2cccc(C)c2Cl)C([2H])([2H])C1([2H])[2H].[2H]C([2H])(CN1C([2H])([2H])C([2H])([2H])N(c2cccc(C)c2Cl)C([2H])([2H])C1([2H])[2H])C1([2H])C([2H])([2H])C([2H])([2H])C([2H])(NC(=O)NC)C([2H])([2H])C1([2H])[2H].[2H]C1([2H])N(c2cccc(C)c2Cl)C([2H])([2H])C([2H])([2H])N(C([2H])([2H])C([2H])([2H])C2([2H])C([2H])([2H])C([2H])([2H])C([2H])(NC(=O)NC)C([2H])([2H])C2([2H])[2H])C1([2H])[2H].[2H]C1([2H])N(c2cccc(C)c2Cl)C([2H])([2H])C([2H])([2H])N(C([2H])([2H])C([2H])([2H])C2([2H])C([2H])([2H])C([2H])([2H])C([2H])(NC(=O)NC)C([2H])([2H])C2([2H])[2H])C1([2H])[2H]. The van der Waals surface area contributed by atoms with Crippen molar-refractivity contribution in [2.45, 2.75) is 224 Å². The van der Waals surface area contributed by atoms with Crippen LogP contribution < -0.4 is 77.7 Å². The van der Waals surface area contributed by atoms with Crippen molar-refractivity contribution in [1.29, 1.82) is 0 Å². The van der Waals surface area contributed by atoms with Crippen LogP contribution in [0.4, 0.5) is 52.4 Å². The average molecular weight is 2070 g/mol. The quantitative estimate of drug-likeness (QED) is 0.0262. The molecule has 5 saturated carbocycles. The molecule has 10 aliphatic rings. The molecule has 0 spiro atoms. The number of hydrogen-bond acceptors (Lipinski definition) is 15. The summed E-state index contributed by atoms with van der Waals surface area (Å²) in [5, 5.41) is 15.2. The van der Waals surface area contributed by atoms with Crippen molar-refractivity contribution in [3.63, 3.8) is 0 Å². The number of amides is 10. The van der Waals surface area contributed by atoms with E-state index < -0.39 is 460 Å². The molecule has 10 fully saturated rings. The first-order chi connectivity index (χ1) is 104. The minimum Gasteiger partial charge on any atom is -0.368 e. The van der Waals surface area contributed by atoms with Gasteiger partial charge in [-0.05, 0) is 314 Å². The Labute approximate surface area is 981 Å². The number of nitrogens with one attached hydrogen (secondary N) is 10. The third-order valence-corrected chi connectivity index (χ3v) is 19.7. The molecule has 10 N–H and O–H groups in total. The third-order valence-electron chi connectivity index (χ3n) is 17.2. The van der Waals surface area contributed by atoms with Gasteiger partial charge < -0.3 is 77.7 Å². The number of piperazine rings is 5. The van der Waals surface area contributed by atoms with E-state index in [0.29, 0.717) is 0 Å². The van der Waals surface area contributed by atoms with Crippen LogP contribution in [0.15, 0.2) is 91.0 Å². The fraction of sp³-hybridized carbons (Fsp3) is 0.667. The highest BCUT2D eigenvalue weighted by Crippen LogP contribution is 2.39. The van der Waals surface area contributed by atoms with Crippen LogP contribution in [0.25, 0.3) is 0 Å². The Balaban J connectivity index is 0.000000270. The predicted molar refractivity (Wildman–Crippen MR) is 564 cm³/mol. The van der Waals surface area contributed by atoms with E-state index in [1.54, 1.807) is 10.6 Å². The molecule has 5 aromatic rings. The van der Waals surface area contributed by atoms with Gasteiger partial charge >= 0.3 is 30.2 Å². The molecule has 15 rings (SSSR count). The van der Waals surface area contributed by atoms with E-state index in [4.69, 9.17) is 201 Å². The Morgan fingerprint density at radius 2 is 0.459 bits per heavy atom. The Morgan fingerprint density at radius 3 is 0.667 bits per heavy atom. The minimum absolute atomic E-state index is 0.0354. The topological polar surface area (TPSA) is 238 Å². The maximum absolute atomic E-state index is 12.2. The van der Waals surface area contributed by atoms with Gasteiger partial charge in [0, 0.05) is 304 Å². The first-order valence-corrected chi connectivity index (χ1v) is 41.1. The van der Waals surface area contributed by atoms with E-state index in [1.807, 2.05) is 26.6 Å². The molecule has 5 aliphatic carbocycles. The molecule has 30 heteroatoms. The van der Waals surface area contributed by atoms with Gasteiger partial charge in [-0.2, -0.15) is 0 Å². The second-order valence-electron chi connectivity index (χ2n) is 26.7. The van der Waals surface area contributed by atoms with Crippen molar-refractivity contribution >= 4 is 117 Å². The number of benzene rings is 5. The lowest BCUT2D eigenvalue weighted by Crippen LogP contribution is -2.47. The molecule has 0 aromatic heterocycles. The number of anilines is 5. The number of nitrogens with zero attached hydrogens (tertiary/aromatic N) is 10. The number of carbonyl (C=O) groups excluding carboxylic acids is 5. The molecule has 5 aliphatic heterocycles. The number of rotatable bonds is 25. The summed E-state index contributed by atoms with van der Waals surface area (Å²) in [5.74, 6) is -22.1. The van der Waals surface area contributed by atoms with E-state index in [9.17, 15) is 24.0 Å². The monoisotopic (exact) mass is 2070 g/mol. The van der Waals surface area contributed by atoms with Crippen LogP contribution in [0.5, 0.6) is 0 Å². The van der Waals surface area contributed by atoms with Crippen molar-refractivity contribution < 1.29 is 167 Å². The first kappa shape index (κ1) is 35.1. The zero-order valence-corrected chi connectivity index (χ0v) is 76.5. The molecule has 0 atom stereocenters. The van der Waals surface area contributed by atoms with Crippen molar-refractivity contribution in [2.75, 3.05) is 222 Å². The van der Waals surface area contributed by atoms with E-state index in [1.165, 1.54) is 111 Å². The molecule has 0 bridgehead atoms. The van der Waals surface area contributed by atoms with Crippen LogP contribution in [0.2, 0.25) is 25.1 Å². The van der Waals surface area contributed by atoms with E-state index in [2.05, 4.69) is 0 Å². The van der Waals surface area contributed by atoms with Crippen molar-refractivity contribution in [2.24, 2.45) is 29.5 Å². The van der Waals surface area contributed by atoms with Crippen molar-refractivity contribution in [3.05, 3.63) is 144 Å². The molecule has 5 saturated heterocycles. The van der Waals surface area contributed by atoms with Crippen LogP contribution in [0.1, 0.15) is 330 Å². The predicted octanol–water partition coefficient (Wildman–Crippen LogP) is 18.2. The Hall–Kier alpha value is -7.30. The summed E-state index contributed by atoms with van der Waals surface area (Å²) in [7, 11) is 4.76. The van der Waals surface area contributed by atoms with Gasteiger partial charge in [0.15, 0.2) is 0 Å². The molecular formula is C105H165Cl5N20O5. The van der Waals surface area contributed by atoms with Crippen molar-refractivity contribution in [1.82, 2.24) is 77.7 Å². The maximum Gasteiger partial charge on any atom is 0.314 e. The van der Waals surface area contributed by atoms with Gasteiger partial charge in [0.05, 0.1) is 87.8 Å². The minimum atomic E-state index is -4.89. The summed E-state index contributed by atoms with van der Waals surface area (Å²) in [6, 6.07) is -8.30. The summed E-state index contributed by atoms with van der Waals surface area (Å²) in [6.07, 6.45) is -104. The van der Waals surface area contributed by atoms with Gasteiger partial charge in [0.25, 0.3) is 0 Å². The molecule has 0 unspecified atom stereocenters. The lowest BCUT2D eigenvalue weighted by atomic mass is 9.84. The number of urea groups is 5. The summed E-state index contributed by atoms with van der Waals surface area (Å²) < 4.78 is 898. The smallest absolute Gasteiger partial charge is 0.314 e. The number of halogens is 5. The lowest BCUT2D eigenvalue weighted by Gasteiger charge is -2.37. The van der Waals surface area contributed by atoms with Crippen LogP contribution in [-0.2, 0) is 0 Å². The highest BCUT2D eigenvalue weighted by molar-refractivity contribution is 6.35. The normalized spacial score (nSPS) is 56.4. The second kappa shape index (κ2) is 56.8. The maximum atomic E-state index is 12.2. The van der Waals surface area contributed by atoms with Crippen LogP contribution in [-0.4, -0.2) is 282 Å². The van der Waals surface area contributed by atoms with Gasteiger partial charge in [0.2, 0.25) is 0 Å². The van der Waals surface area contributed by atoms with Gasteiger partial charge in [-0.15, -0.1) is 0 Å². The summed E-state index contributed by atoms with van der Waals surface area (Å²) in [6.45, 7) is -91.0. The summed E-state index contributed by atoms with van der Waals surface area (Å²) >= 11 is 31.4. The molecule has 5 aromatic carbocycles. The van der Waals surface area contributed by atoms with E-state index >= 15 is 0 Å². The Morgan fingerprint density at radius 1 is 0.274 bits per heavy atom. The third kappa shape index (κ3) is 34.9. The molecule has 10 amide bonds. The van der Waals surface area contributed by atoms with Crippen LogP contribution in [0, 0.1) is 64.1 Å². The zero-order valence-electron chi connectivity index (χ0n) is 177. The van der Waals surface area contributed by atoms with Gasteiger partial charge in [-0.3, -0.25) is 24.5 Å². The molecule has 750 valence electrons. The fourth-order valence-corrected chi connectivity index (χ4v) is 11.2. The molecule has 5 heterocycles. The van der Waals surface area contributed by atoms with E-state index in [-0.39, 0.29) is 82.3 Å². The summed E-state index contributed by atoms with van der Waals surface area (Å²) in [5.41, 5.74) is -1.62. The number of hydrogen-bond donors (Lipinski definition) is 10. The number of carbonyl (C=O) groups is 5. The first-order valence-electron chi connectivity index (χ1n) is 91.3. The molecule has 0 radical (unpaired) electrons. The Bertz CT molecular complexity index is 9120. The largest absolute Gasteiger partial charge is 0.368 e.